The van der Waals surface area contributed by atoms with Crippen LogP contribution >= 0.6 is 11.8 Å². The number of para-hydroxylation sites is 1. The zero-order chi connectivity index (χ0) is 15.3. The number of nitrogen functional groups attached to an aromatic ring is 1. The summed E-state index contributed by atoms with van der Waals surface area (Å²) in [5, 5.41) is 0. The molecule has 0 bridgehead atoms. The lowest BCUT2D eigenvalue weighted by molar-refractivity contribution is 0.523. The van der Waals surface area contributed by atoms with Crippen LogP contribution in [0.1, 0.15) is 12.8 Å². The van der Waals surface area contributed by atoms with Crippen molar-refractivity contribution in [1.82, 2.24) is 4.72 Å². The second-order valence-corrected chi connectivity index (χ2v) is 9.65. The molecular formula is C13H20N2O3S3. The van der Waals surface area contributed by atoms with E-state index < -0.39 is 20.8 Å². The molecule has 0 spiro atoms. The number of anilines is 1. The maximum atomic E-state index is 12.0. The molecule has 1 heterocycles. The lowest BCUT2D eigenvalue weighted by Crippen LogP contribution is -2.40. The number of hydrogen-bond acceptors (Lipinski definition) is 5. The van der Waals surface area contributed by atoms with Crippen molar-refractivity contribution in [1.29, 1.82) is 0 Å². The summed E-state index contributed by atoms with van der Waals surface area (Å²) in [5.74, 6) is 1.69. The molecule has 1 fully saturated rings. The van der Waals surface area contributed by atoms with Gasteiger partial charge in [-0.3, -0.25) is 4.21 Å². The van der Waals surface area contributed by atoms with Gasteiger partial charge in [0.05, 0.1) is 5.75 Å². The molecule has 21 heavy (non-hydrogen) atoms. The van der Waals surface area contributed by atoms with Gasteiger partial charge in [0.25, 0.3) is 0 Å². The van der Waals surface area contributed by atoms with Gasteiger partial charge in [-0.15, -0.1) is 11.8 Å². The molecule has 1 aromatic carbocycles. The van der Waals surface area contributed by atoms with E-state index in [2.05, 4.69) is 4.72 Å². The molecule has 0 saturated carbocycles. The van der Waals surface area contributed by atoms with Gasteiger partial charge >= 0.3 is 0 Å². The molecule has 0 aliphatic carbocycles. The molecule has 0 unspecified atom stereocenters. The molecule has 1 aromatic rings. The summed E-state index contributed by atoms with van der Waals surface area (Å²) >= 11 is 1.44. The molecule has 0 amide bonds. The lowest BCUT2D eigenvalue weighted by atomic mass is 10.2. The van der Waals surface area contributed by atoms with Crippen molar-refractivity contribution in [3.63, 3.8) is 0 Å². The number of thioether (sulfide) groups is 1. The van der Waals surface area contributed by atoms with Crippen LogP contribution in [-0.2, 0) is 20.8 Å². The van der Waals surface area contributed by atoms with Crippen LogP contribution in [0.25, 0.3) is 0 Å². The quantitative estimate of drug-likeness (QED) is 0.595. The van der Waals surface area contributed by atoms with Gasteiger partial charge in [0.15, 0.2) is 0 Å². The Kier molecular flexibility index (Phi) is 6.09. The van der Waals surface area contributed by atoms with Gasteiger partial charge in [0.1, 0.15) is 0 Å². The standard InChI is InChI=1S/C13H20N2O3S3/c14-12-3-1-2-4-13(12)19-7-10-21(17,18)15-11-5-8-20(16)9-6-11/h1-4,11,15H,5-10,14H2. The summed E-state index contributed by atoms with van der Waals surface area (Å²) in [6, 6.07) is 7.35. The molecule has 1 saturated heterocycles. The van der Waals surface area contributed by atoms with Crippen LogP contribution in [0, 0.1) is 0 Å². The monoisotopic (exact) mass is 348 g/mol. The smallest absolute Gasteiger partial charge is 0.212 e. The third kappa shape index (κ3) is 5.61. The molecule has 8 heteroatoms. The van der Waals surface area contributed by atoms with Crippen LogP contribution in [0.5, 0.6) is 0 Å². The molecule has 3 N–H and O–H groups in total. The first-order valence-electron chi connectivity index (χ1n) is 6.78. The van der Waals surface area contributed by atoms with Crippen molar-refractivity contribution in [2.75, 3.05) is 28.7 Å². The minimum absolute atomic E-state index is 0.0611. The van der Waals surface area contributed by atoms with Crippen molar-refractivity contribution >= 4 is 38.3 Å². The Morgan fingerprint density at radius 2 is 1.95 bits per heavy atom. The fraction of sp³-hybridized carbons (Fsp3) is 0.538. The van der Waals surface area contributed by atoms with E-state index in [1.54, 1.807) is 6.07 Å². The number of rotatable bonds is 6. The second kappa shape index (κ2) is 7.62. The highest BCUT2D eigenvalue weighted by molar-refractivity contribution is 8.00. The Morgan fingerprint density at radius 1 is 1.29 bits per heavy atom. The summed E-state index contributed by atoms with van der Waals surface area (Å²) in [5.41, 5.74) is 6.49. The van der Waals surface area contributed by atoms with Crippen LogP contribution < -0.4 is 10.5 Å². The van der Waals surface area contributed by atoms with E-state index in [9.17, 15) is 12.6 Å². The summed E-state index contributed by atoms with van der Waals surface area (Å²) in [6.07, 6.45) is 1.31. The van der Waals surface area contributed by atoms with Crippen molar-refractivity contribution in [3.8, 4) is 0 Å². The highest BCUT2D eigenvalue weighted by atomic mass is 32.2. The second-order valence-electron chi connectivity index (χ2n) is 4.95. The molecule has 118 valence electrons. The highest BCUT2D eigenvalue weighted by Gasteiger charge is 2.22. The number of nitrogens with two attached hydrogens (primary N) is 1. The Bertz CT molecular complexity index is 594. The Morgan fingerprint density at radius 3 is 2.62 bits per heavy atom. The van der Waals surface area contributed by atoms with Crippen LogP contribution in [0.15, 0.2) is 29.2 Å². The average Bonchev–Trinajstić information content (AvgIpc) is 2.43. The van der Waals surface area contributed by atoms with Gasteiger partial charge in [-0.1, -0.05) is 12.1 Å². The van der Waals surface area contributed by atoms with Crippen LogP contribution in [0.3, 0.4) is 0 Å². The first-order chi connectivity index (χ1) is 9.96. The number of hydrogen-bond donors (Lipinski definition) is 2. The minimum atomic E-state index is -3.29. The number of sulfonamides is 1. The fourth-order valence-corrected chi connectivity index (χ4v) is 6.10. The maximum absolute atomic E-state index is 12.0. The van der Waals surface area contributed by atoms with E-state index in [-0.39, 0.29) is 11.8 Å². The van der Waals surface area contributed by atoms with Gasteiger partial charge in [-0.05, 0) is 25.0 Å². The average molecular weight is 349 g/mol. The SMILES string of the molecule is Nc1ccccc1SCCS(=O)(=O)NC1CCS(=O)CC1. The van der Waals surface area contributed by atoms with Gasteiger partial charge in [-0.25, -0.2) is 13.1 Å². The first kappa shape index (κ1) is 16.8. The Hall–Kier alpha value is -0.570. The summed E-state index contributed by atoms with van der Waals surface area (Å²) in [4.78, 5) is 0.903. The van der Waals surface area contributed by atoms with Crippen molar-refractivity contribution in [2.24, 2.45) is 0 Å². The van der Waals surface area contributed by atoms with E-state index in [0.717, 1.165) is 4.90 Å². The fourth-order valence-electron chi connectivity index (χ4n) is 2.10. The number of benzene rings is 1. The van der Waals surface area contributed by atoms with E-state index in [0.29, 0.717) is 35.8 Å². The molecule has 5 nitrogen and oxygen atoms in total. The molecule has 0 aromatic heterocycles. The third-order valence-electron chi connectivity index (χ3n) is 3.26. The zero-order valence-electron chi connectivity index (χ0n) is 11.7. The van der Waals surface area contributed by atoms with Crippen LogP contribution in [0.2, 0.25) is 0 Å². The van der Waals surface area contributed by atoms with Gasteiger partial charge < -0.3 is 5.73 Å². The van der Waals surface area contributed by atoms with E-state index in [4.69, 9.17) is 5.73 Å². The topological polar surface area (TPSA) is 89.3 Å². The lowest BCUT2D eigenvalue weighted by Gasteiger charge is -2.22. The first-order valence-corrected chi connectivity index (χ1v) is 10.9. The Balaban J connectivity index is 1.79. The predicted molar refractivity (Wildman–Crippen MR) is 89.4 cm³/mol. The van der Waals surface area contributed by atoms with Crippen molar-refractivity contribution < 1.29 is 12.6 Å². The maximum Gasteiger partial charge on any atom is 0.212 e. The summed E-state index contributed by atoms with van der Waals surface area (Å²) < 4.78 is 38.0. The molecule has 2 rings (SSSR count). The highest BCUT2D eigenvalue weighted by Crippen LogP contribution is 2.24. The number of nitrogens with one attached hydrogen (secondary N) is 1. The Labute approximate surface area is 132 Å². The van der Waals surface area contributed by atoms with Gasteiger partial charge in [-0.2, -0.15) is 0 Å². The van der Waals surface area contributed by atoms with Gasteiger partial charge in [0, 0.05) is 44.7 Å². The van der Waals surface area contributed by atoms with Crippen molar-refractivity contribution in [2.45, 2.75) is 23.8 Å². The predicted octanol–water partition coefficient (Wildman–Crippen LogP) is 1.19. The van der Waals surface area contributed by atoms with E-state index >= 15 is 0 Å². The largest absolute Gasteiger partial charge is 0.398 e. The van der Waals surface area contributed by atoms with E-state index in [1.807, 2.05) is 18.2 Å². The normalized spacial score (nSPS) is 23.0. The molecular weight excluding hydrogens is 328 g/mol. The van der Waals surface area contributed by atoms with Crippen molar-refractivity contribution in [3.05, 3.63) is 24.3 Å². The minimum Gasteiger partial charge on any atom is -0.398 e. The molecule has 0 radical (unpaired) electrons. The van der Waals surface area contributed by atoms with Gasteiger partial charge in [0.2, 0.25) is 10.0 Å². The molecule has 1 aliphatic heterocycles. The summed E-state index contributed by atoms with van der Waals surface area (Å²) in [6.45, 7) is 0. The molecule has 1 aliphatic rings. The molecule has 0 atom stereocenters. The van der Waals surface area contributed by atoms with E-state index in [1.165, 1.54) is 11.8 Å². The van der Waals surface area contributed by atoms with Crippen LogP contribution in [0.4, 0.5) is 5.69 Å². The zero-order valence-corrected chi connectivity index (χ0v) is 14.1. The van der Waals surface area contributed by atoms with Crippen LogP contribution in [-0.4, -0.2) is 41.7 Å². The third-order valence-corrected chi connectivity index (χ3v) is 7.43. The summed E-state index contributed by atoms with van der Waals surface area (Å²) in [7, 11) is -4.07.